The molecule has 0 fully saturated rings. The van der Waals surface area contributed by atoms with Crippen molar-refractivity contribution in [1.82, 2.24) is 19.7 Å². The van der Waals surface area contributed by atoms with Crippen LogP contribution in [0.3, 0.4) is 0 Å². The van der Waals surface area contributed by atoms with Gasteiger partial charge in [-0.15, -0.1) is 0 Å². The molecule has 0 aliphatic heterocycles. The Morgan fingerprint density at radius 2 is 2.33 bits per heavy atom. The van der Waals surface area contributed by atoms with E-state index in [1.54, 1.807) is 29.5 Å². The van der Waals surface area contributed by atoms with E-state index in [9.17, 15) is 4.79 Å². The number of hydrogen-bond acceptors (Lipinski definition) is 3. The molecule has 1 aliphatic rings. The van der Waals surface area contributed by atoms with Gasteiger partial charge in [-0.1, -0.05) is 18.2 Å². The summed E-state index contributed by atoms with van der Waals surface area (Å²) in [5, 5.41) is 8.02. The number of nitrogens with zero attached hydrogens (tertiary/aromatic N) is 3. The van der Waals surface area contributed by atoms with Crippen LogP contribution >= 0.6 is 15.9 Å². The Morgan fingerprint density at radius 1 is 1.42 bits per heavy atom. The first-order valence-electron chi connectivity index (χ1n) is 7.50. The van der Waals surface area contributed by atoms with Crippen LogP contribution in [-0.4, -0.2) is 25.7 Å². The number of fused-ring (bicyclic) bond motifs is 1. The number of aromatic amines is 1. The van der Waals surface area contributed by atoms with Crippen molar-refractivity contribution < 1.29 is 4.79 Å². The van der Waals surface area contributed by atoms with Gasteiger partial charge in [0.2, 0.25) is 0 Å². The number of nitrogens with one attached hydrogen (secondary N) is 2. The molecule has 24 heavy (non-hydrogen) atoms. The molecule has 3 aromatic rings. The van der Waals surface area contributed by atoms with Crippen molar-refractivity contribution >= 4 is 38.6 Å². The maximum absolute atomic E-state index is 12.5. The molecule has 0 atom stereocenters. The van der Waals surface area contributed by atoms with E-state index in [0.717, 1.165) is 21.9 Å². The molecular formula is C17H14BrN5O. The molecule has 7 heteroatoms. The summed E-state index contributed by atoms with van der Waals surface area (Å²) in [5.74, 6) is -0.194. The molecule has 1 amide bonds. The maximum atomic E-state index is 12.5. The van der Waals surface area contributed by atoms with Gasteiger partial charge in [-0.05, 0) is 34.0 Å². The van der Waals surface area contributed by atoms with E-state index in [1.165, 1.54) is 5.57 Å². The summed E-state index contributed by atoms with van der Waals surface area (Å²) in [6.07, 6.45) is 14.0. The van der Waals surface area contributed by atoms with Gasteiger partial charge in [-0.3, -0.25) is 9.48 Å². The average molecular weight is 384 g/mol. The van der Waals surface area contributed by atoms with Gasteiger partial charge in [0.25, 0.3) is 5.91 Å². The van der Waals surface area contributed by atoms with Gasteiger partial charge < -0.3 is 10.3 Å². The number of anilines is 1. The predicted octanol–water partition coefficient (Wildman–Crippen LogP) is 3.66. The van der Waals surface area contributed by atoms with Crippen LogP contribution in [0.4, 0.5) is 5.69 Å². The highest BCUT2D eigenvalue weighted by Crippen LogP contribution is 2.25. The lowest BCUT2D eigenvalue weighted by atomic mass is 10.2. The molecule has 3 aromatic heterocycles. The van der Waals surface area contributed by atoms with Crippen LogP contribution in [0.15, 0.2) is 59.1 Å². The number of amides is 1. The number of carbonyl (C=O) groups is 1. The Balaban J connectivity index is 1.51. The first-order valence-corrected chi connectivity index (χ1v) is 8.29. The molecule has 0 bridgehead atoms. The lowest BCUT2D eigenvalue weighted by molar-refractivity contribution is 0.102. The molecule has 2 N–H and O–H groups in total. The smallest absolute Gasteiger partial charge is 0.258 e. The molecule has 0 saturated heterocycles. The lowest BCUT2D eigenvalue weighted by Gasteiger charge is -2.03. The molecule has 3 heterocycles. The minimum atomic E-state index is -0.194. The zero-order chi connectivity index (χ0) is 16.5. The highest BCUT2D eigenvalue weighted by molar-refractivity contribution is 9.10. The number of aromatic nitrogens is 4. The van der Waals surface area contributed by atoms with Gasteiger partial charge in [-0.2, -0.15) is 5.10 Å². The minimum absolute atomic E-state index is 0.194. The number of rotatable bonds is 4. The topological polar surface area (TPSA) is 75.6 Å². The van der Waals surface area contributed by atoms with Gasteiger partial charge in [-0.25, -0.2) is 4.98 Å². The molecule has 0 spiro atoms. The van der Waals surface area contributed by atoms with Crippen molar-refractivity contribution in [2.24, 2.45) is 0 Å². The number of carbonyl (C=O) groups excluding carboxylic acids is 1. The zero-order valence-corrected chi connectivity index (χ0v) is 14.2. The summed E-state index contributed by atoms with van der Waals surface area (Å²) in [6, 6.07) is 1.91. The fourth-order valence-electron chi connectivity index (χ4n) is 2.66. The third kappa shape index (κ3) is 2.90. The number of pyridine rings is 1. The van der Waals surface area contributed by atoms with Crippen molar-refractivity contribution in [2.45, 2.75) is 13.0 Å². The van der Waals surface area contributed by atoms with Gasteiger partial charge in [0.05, 0.1) is 24.0 Å². The van der Waals surface area contributed by atoms with Crippen LogP contribution in [0.2, 0.25) is 0 Å². The third-order valence-corrected chi connectivity index (χ3v) is 4.29. The fourth-order valence-corrected chi connectivity index (χ4v) is 2.99. The summed E-state index contributed by atoms with van der Waals surface area (Å²) in [4.78, 5) is 19.8. The Hall–Kier alpha value is -2.67. The van der Waals surface area contributed by atoms with E-state index in [0.29, 0.717) is 17.8 Å². The van der Waals surface area contributed by atoms with E-state index in [4.69, 9.17) is 0 Å². The largest absolute Gasteiger partial charge is 0.344 e. The second kappa shape index (κ2) is 6.09. The average Bonchev–Trinajstić information content (AvgIpc) is 3.30. The number of halogens is 1. The Labute approximate surface area is 146 Å². The number of H-pyrrole nitrogens is 1. The summed E-state index contributed by atoms with van der Waals surface area (Å²) in [5.41, 5.74) is 3.22. The van der Waals surface area contributed by atoms with Crippen LogP contribution in [0, 0.1) is 0 Å². The molecule has 6 nitrogen and oxygen atoms in total. The van der Waals surface area contributed by atoms with Crippen molar-refractivity contribution in [3.63, 3.8) is 0 Å². The van der Waals surface area contributed by atoms with E-state index in [-0.39, 0.29) is 5.91 Å². The van der Waals surface area contributed by atoms with Crippen LogP contribution in [0.5, 0.6) is 0 Å². The lowest BCUT2D eigenvalue weighted by Crippen LogP contribution is -2.11. The van der Waals surface area contributed by atoms with Crippen molar-refractivity contribution in [3.8, 4) is 0 Å². The Kier molecular flexibility index (Phi) is 3.78. The molecule has 0 radical (unpaired) electrons. The third-order valence-electron chi connectivity index (χ3n) is 3.85. The molecular weight excluding hydrogens is 370 g/mol. The van der Waals surface area contributed by atoms with Gasteiger partial charge in [0.1, 0.15) is 5.65 Å². The van der Waals surface area contributed by atoms with Crippen molar-refractivity contribution in [1.29, 1.82) is 0 Å². The quantitative estimate of drug-likeness (QED) is 0.721. The first-order chi connectivity index (χ1) is 11.7. The van der Waals surface area contributed by atoms with Gasteiger partial charge in [0, 0.05) is 28.4 Å². The highest BCUT2D eigenvalue weighted by atomic mass is 79.9. The molecule has 0 unspecified atom stereocenters. The summed E-state index contributed by atoms with van der Waals surface area (Å²) in [7, 11) is 0. The van der Waals surface area contributed by atoms with Gasteiger partial charge >= 0.3 is 0 Å². The molecule has 0 saturated carbocycles. The highest BCUT2D eigenvalue weighted by Gasteiger charge is 2.13. The Morgan fingerprint density at radius 3 is 3.17 bits per heavy atom. The minimum Gasteiger partial charge on any atom is -0.344 e. The van der Waals surface area contributed by atoms with Crippen molar-refractivity contribution in [3.05, 3.63) is 64.7 Å². The van der Waals surface area contributed by atoms with E-state index >= 15 is 0 Å². The monoisotopic (exact) mass is 383 g/mol. The van der Waals surface area contributed by atoms with E-state index in [1.807, 2.05) is 12.1 Å². The first kappa shape index (κ1) is 14.9. The van der Waals surface area contributed by atoms with Crippen LogP contribution in [0.1, 0.15) is 16.8 Å². The van der Waals surface area contributed by atoms with E-state index in [2.05, 4.69) is 48.5 Å². The standard InChI is InChI=1S/C17H14BrN5O/c18-13-5-14-15(8-20-16(14)19-7-13)22-17(24)12-6-21-23(10-12)9-11-3-1-2-4-11/h1-3,5-8,10H,4,9H2,(H,19,20)(H,22,24). The zero-order valence-electron chi connectivity index (χ0n) is 12.7. The van der Waals surface area contributed by atoms with Crippen LogP contribution < -0.4 is 5.32 Å². The number of allylic oxidation sites excluding steroid dienone is 4. The predicted molar refractivity (Wildman–Crippen MR) is 95.8 cm³/mol. The molecule has 4 rings (SSSR count). The van der Waals surface area contributed by atoms with E-state index < -0.39 is 0 Å². The van der Waals surface area contributed by atoms with Crippen LogP contribution in [-0.2, 0) is 6.54 Å². The molecule has 120 valence electrons. The van der Waals surface area contributed by atoms with Crippen LogP contribution in [0.25, 0.3) is 11.0 Å². The normalized spacial score (nSPS) is 13.5. The fraction of sp³-hybridized carbons (Fsp3) is 0.118. The maximum Gasteiger partial charge on any atom is 0.258 e. The summed E-state index contributed by atoms with van der Waals surface area (Å²) >= 11 is 3.39. The van der Waals surface area contributed by atoms with Gasteiger partial charge in [0.15, 0.2) is 0 Å². The second-order valence-electron chi connectivity index (χ2n) is 5.59. The molecule has 0 aromatic carbocycles. The number of hydrogen-bond donors (Lipinski definition) is 2. The summed E-state index contributed by atoms with van der Waals surface area (Å²) in [6.45, 7) is 0.699. The second-order valence-corrected chi connectivity index (χ2v) is 6.51. The summed E-state index contributed by atoms with van der Waals surface area (Å²) < 4.78 is 2.64. The van der Waals surface area contributed by atoms with Crippen molar-refractivity contribution in [2.75, 3.05) is 5.32 Å². The Bertz CT molecular complexity index is 982. The molecule has 1 aliphatic carbocycles. The SMILES string of the molecule is O=C(Nc1c[nH]c2ncc(Br)cc12)c1cnn(CC2=CC=CC2)c1.